The number of likely N-dealkylation sites (tertiary alicyclic amines) is 1. The smallest absolute Gasteiger partial charge is 0.410 e. The number of hydrogen-bond donors (Lipinski definition) is 2. The van der Waals surface area contributed by atoms with Crippen LogP contribution in [0.3, 0.4) is 0 Å². The van der Waals surface area contributed by atoms with E-state index in [0.717, 1.165) is 16.7 Å². The summed E-state index contributed by atoms with van der Waals surface area (Å²) in [6, 6.07) is 12.7. The van der Waals surface area contributed by atoms with Gasteiger partial charge >= 0.3 is 6.09 Å². The minimum absolute atomic E-state index is 0.0794. The van der Waals surface area contributed by atoms with Crippen LogP contribution in [-0.2, 0) is 22.5 Å². The topological polar surface area (TPSA) is 116 Å². The van der Waals surface area contributed by atoms with E-state index in [-0.39, 0.29) is 17.8 Å². The summed E-state index contributed by atoms with van der Waals surface area (Å²) >= 11 is 0. The summed E-state index contributed by atoms with van der Waals surface area (Å²) < 4.78 is 33.1. The fourth-order valence-corrected chi connectivity index (χ4v) is 5.53. The second-order valence-electron chi connectivity index (χ2n) is 11.7. The number of nitrogens with zero attached hydrogens (tertiary/aromatic N) is 2. The molecule has 3 N–H and O–H groups in total. The highest BCUT2D eigenvalue weighted by molar-refractivity contribution is 5.97. The third kappa shape index (κ3) is 5.31. The second-order valence-corrected chi connectivity index (χ2v) is 11.7. The van der Waals surface area contributed by atoms with Gasteiger partial charge in [-0.3, -0.25) is 4.79 Å². The molecule has 3 aliphatic heterocycles. The van der Waals surface area contributed by atoms with Gasteiger partial charge in [0, 0.05) is 54.7 Å². The average Bonchev–Trinajstić information content (AvgIpc) is 2.92. The van der Waals surface area contributed by atoms with E-state index in [1.165, 1.54) is 0 Å². The van der Waals surface area contributed by atoms with Crippen LogP contribution in [0, 0.1) is 5.95 Å². The van der Waals surface area contributed by atoms with Crippen LogP contribution in [0.2, 0.25) is 0 Å². The van der Waals surface area contributed by atoms with E-state index in [0.29, 0.717) is 73.5 Å². The molecule has 1 spiro atoms. The zero-order chi connectivity index (χ0) is 28.9. The van der Waals surface area contributed by atoms with Crippen molar-refractivity contribution < 1.29 is 28.2 Å². The van der Waals surface area contributed by atoms with Crippen molar-refractivity contribution >= 4 is 17.8 Å². The van der Waals surface area contributed by atoms with E-state index in [1.54, 1.807) is 29.2 Å². The molecule has 10 heteroatoms. The third-order valence-corrected chi connectivity index (χ3v) is 7.68. The standard InChI is InChI=1S/C31H33FN4O5/c1-30(2,3)41-29(38)36-12-9-31(10-13-36)39-17-21-15-18(5-7-25(21)40-31)23-16-24(27(33)35-26(23)32)19-4-6-22-20(14-19)8-11-34-28(22)37/h4-7,14-16H,8-13,17H2,1-3H3,(H2,33,35)(H,34,37). The van der Waals surface area contributed by atoms with Crippen LogP contribution < -0.4 is 15.8 Å². The summed E-state index contributed by atoms with van der Waals surface area (Å²) in [6.45, 7) is 7.31. The Morgan fingerprint density at radius 2 is 1.76 bits per heavy atom. The molecule has 0 unspecified atom stereocenters. The molecule has 1 saturated heterocycles. The Bertz CT molecular complexity index is 1540. The number of carbonyl (C=O) groups is 2. The lowest BCUT2D eigenvalue weighted by molar-refractivity contribution is -0.226. The van der Waals surface area contributed by atoms with Crippen molar-refractivity contribution in [3.8, 4) is 28.0 Å². The number of nitrogens with two attached hydrogens (primary N) is 1. The normalized spacial score (nSPS) is 17.8. The zero-order valence-corrected chi connectivity index (χ0v) is 23.4. The Balaban J connectivity index is 1.22. The number of aromatic nitrogens is 1. The minimum atomic E-state index is -0.822. The van der Waals surface area contributed by atoms with Crippen LogP contribution in [0.5, 0.6) is 5.75 Å². The number of pyridine rings is 1. The van der Waals surface area contributed by atoms with Crippen LogP contribution in [0.1, 0.15) is 55.1 Å². The Morgan fingerprint density at radius 3 is 2.51 bits per heavy atom. The van der Waals surface area contributed by atoms with Gasteiger partial charge in [0.25, 0.3) is 5.91 Å². The van der Waals surface area contributed by atoms with Crippen molar-refractivity contribution in [2.45, 2.75) is 58.0 Å². The molecule has 9 nitrogen and oxygen atoms in total. The number of anilines is 1. The molecule has 0 radical (unpaired) electrons. The Kier molecular flexibility index (Phi) is 6.60. The van der Waals surface area contributed by atoms with Crippen molar-refractivity contribution in [2.24, 2.45) is 0 Å². The first-order chi connectivity index (χ1) is 19.5. The number of fused-ring (bicyclic) bond motifs is 2. The first-order valence-corrected chi connectivity index (χ1v) is 13.8. The van der Waals surface area contributed by atoms with Crippen LogP contribution in [-0.4, -0.2) is 52.9 Å². The minimum Gasteiger partial charge on any atom is -0.462 e. The van der Waals surface area contributed by atoms with Crippen molar-refractivity contribution in [1.29, 1.82) is 0 Å². The number of rotatable bonds is 2. The number of piperidine rings is 1. The summed E-state index contributed by atoms with van der Waals surface area (Å²) in [5.74, 6) is -0.847. The first kappa shape index (κ1) is 27.0. The molecular weight excluding hydrogens is 527 g/mol. The number of ether oxygens (including phenoxy) is 3. The molecule has 3 aliphatic rings. The maximum Gasteiger partial charge on any atom is 0.410 e. The van der Waals surface area contributed by atoms with E-state index in [2.05, 4.69) is 10.3 Å². The SMILES string of the molecule is CC(C)(C)OC(=O)N1CCC2(CC1)OCc1cc(-c3cc(-c4ccc5c(c4)CCNC5=O)c(N)nc3F)ccc1O2. The lowest BCUT2D eigenvalue weighted by Gasteiger charge is -2.44. The number of hydrogen-bond acceptors (Lipinski definition) is 7. The summed E-state index contributed by atoms with van der Waals surface area (Å²) in [5.41, 5.74) is 10.2. The van der Waals surface area contributed by atoms with Gasteiger partial charge in [0.1, 0.15) is 17.2 Å². The van der Waals surface area contributed by atoms with Crippen LogP contribution in [0.25, 0.3) is 22.3 Å². The molecule has 6 rings (SSSR count). The fourth-order valence-electron chi connectivity index (χ4n) is 5.53. The summed E-state index contributed by atoms with van der Waals surface area (Å²) in [5, 5.41) is 2.84. The highest BCUT2D eigenvalue weighted by atomic mass is 19.1. The van der Waals surface area contributed by atoms with E-state index in [9.17, 15) is 9.59 Å². The molecule has 0 aliphatic carbocycles. The van der Waals surface area contributed by atoms with E-state index >= 15 is 4.39 Å². The molecule has 0 atom stereocenters. The Labute approximate surface area is 237 Å². The molecule has 1 fully saturated rings. The summed E-state index contributed by atoms with van der Waals surface area (Å²) in [4.78, 5) is 30.3. The highest BCUT2D eigenvalue weighted by Crippen LogP contribution is 2.40. The molecule has 0 saturated carbocycles. The van der Waals surface area contributed by atoms with Crippen LogP contribution in [0.15, 0.2) is 42.5 Å². The summed E-state index contributed by atoms with van der Waals surface area (Å²) in [7, 11) is 0. The molecule has 41 heavy (non-hydrogen) atoms. The van der Waals surface area contributed by atoms with Crippen molar-refractivity contribution in [3.63, 3.8) is 0 Å². The van der Waals surface area contributed by atoms with Crippen molar-refractivity contribution in [3.05, 3.63) is 65.1 Å². The predicted molar refractivity (Wildman–Crippen MR) is 151 cm³/mol. The number of carbonyl (C=O) groups excluding carboxylic acids is 2. The third-order valence-electron chi connectivity index (χ3n) is 7.68. The Morgan fingerprint density at radius 1 is 1.05 bits per heavy atom. The van der Waals surface area contributed by atoms with Gasteiger partial charge in [0.15, 0.2) is 0 Å². The quantitative estimate of drug-likeness (QED) is 0.421. The van der Waals surface area contributed by atoms with Gasteiger partial charge in [-0.1, -0.05) is 18.2 Å². The molecule has 0 bridgehead atoms. The van der Waals surface area contributed by atoms with Crippen LogP contribution >= 0.6 is 0 Å². The number of amides is 2. The van der Waals surface area contributed by atoms with Gasteiger partial charge in [-0.15, -0.1) is 0 Å². The molecule has 4 heterocycles. The lowest BCUT2D eigenvalue weighted by atomic mass is 9.93. The van der Waals surface area contributed by atoms with E-state index in [1.807, 2.05) is 39.0 Å². The highest BCUT2D eigenvalue weighted by Gasteiger charge is 2.42. The molecule has 2 amide bonds. The van der Waals surface area contributed by atoms with Gasteiger partial charge in [-0.05, 0) is 68.1 Å². The van der Waals surface area contributed by atoms with Gasteiger partial charge in [-0.25, -0.2) is 9.78 Å². The number of benzene rings is 2. The zero-order valence-electron chi connectivity index (χ0n) is 23.4. The molecular formula is C31H33FN4O5. The first-order valence-electron chi connectivity index (χ1n) is 13.8. The maximum absolute atomic E-state index is 15.1. The molecule has 3 aromatic rings. The monoisotopic (exact) mass is 560 g/mol. The van der Waals surface area contributed by atoms with Crippen molar-refractivity contribution in [2.75, 3.05) is 25.4 Å². The van der Waals surface area contributed by atoms with E-state index < -0.39 is 17.3 Å². The van der Waals surface area contributed by atoms with E-state index in [4.69, 9.17) is 19.9 Å². The Hall–Kier alpha value is -4.18. The van der Waals surface area contributed by atoms with Gasteiger partial charge < -0.3 is 30.2 Å². The number of halogens is 1. The molecule has 214 valence electrons. The largest absolute Gasteiger partial charge is 0.462 e. The maximum atomic E-state index is 15.1. The number of nitrogens with one attached hydrogen (secondary N) is 1. The molecule has 1 aromatic heterocycles. The van der Waals surface area contributed by atoms with Crippen molar-refractivity contribution in [1.82, 2.24) is 15.2 Å². The van der Waals surface area contributed by atoms with Gasteiger partial charge in [0.2, 0.25) is 11.7 Å². The predicted octanol–water partition coefficient (Wildman–Crippen LogP) is 5.06. The molecule has 2 aromatic carbocycles. The fraction of sp³-hybridized carbons (Fsp3) is 0.387. The lowest BCUT2D eigenvalue weighted by Crippen LogP contribution is -2.53. The van der Waals surface area contributed by atoms with Gasteiger partial charge in [0.05, 0.1) is 6.61 Å². The van der Waals surface area contributed by atoms with Gasteiger partial charge in [-0.2, -0.15) is 4.39 Å². The number of nitrogen functional groups attached to an aromatic ring is 1. The average molecular weight is 561 g/mol. The summed E-state index contributed by atoms with van der Waals surface area (Å²) in [6.07, 6.45) is 1.39. The van der Waals surface area contributed by atoms with Crippen LogP contribution in [0.4, 0.5) is 15.0 Å². The second kappa shape index (κ2) is 10.0.